The molecular formula is C12H10Cl2N2O. The molecule has 0 fully saturated rings. The van der Waals surface area contributed by atoms with Crippen molar-refractivity contribution in [3.63, 3.8) is 0 Å². The highest BCUT2D eigenvalue weighted by molar-refractivity contribution is 6.35. The maximum atomic E-state index is 10.6. The molecule has 0 aliphatic heterocycles. The van der Waals surface area contributed by atoms with Crippen LogP contribution < -0.4 is 0 Å². The van der Waals surface area contributed by atoms with E-state index in [1.165, 1.54) is 17.0 Å². The van der Waals surface area contributed by atoms with E-state index in [1.807, 2.05) is 0 Å². The van der Waals surface area contributed by atoms with Crippen LogP contribution in [0.15, 0.2) is 49.6 Å². The molecular weight excluding hydrogens is 259 g/mol. The van der Waals surface area contributed by atoms with Crippen LogP contribution in [-0.2, 0) is 5.72 Å². The van der Waals surface area contributed by atoms with Crippen molar-refractivity contribution in [2.24, 2.45) is 0 Å². The molecule has 0 spiro atoms. The van der Waals surface area contributed by atoms with Gasteiger partial charge in [0.25, 0.3) is 0 Å². The summed E-state index contributed by atoms with van der Waals surface area (Å²) in [7, 11) is 0. The molecule has 0 radical (unpaired) electrons. The molecule has 0 bridgehead atoms. The van der Waals surface area contributed by atoms with Crippen molar-refractivity contribution in [3.8, 4) is 0 Å². The van der Waals surface area contributed by atoms with Crippen LogP contribution in [0.2, 0.25) is 10.0 Å². The topological polar surface area (TPSA) is 38.0 Å². The highest BCUT2D eigenvalue weighted by Gasteiger charge is 2.29. The van der Waals surface area contributed by atoms with Crippen molar-refractivity contribution in [1.29, 1.82) is 0 Å². The van der Waals surface area contributed by atoms with E-state index in [2.05, 4.69) is 11.6 Å². The predicted octanol–water partition coefficient (Wildman–Crippen LogP) is 3.07. The van der Waals surface area contributed by atoms with Crippen molar-refractivity contribution in [2.75, 3.05) is 0 Å². The third-order valence-electron chi connectivity index (χ3n) is 2.51. The minimum Gasteiger partial charge on any atom is -0.363 e. The average molecular weight is 269 g/mol. The standard InChI is InChI=1S/C12H10Cl2N2O/c1-2-12(17,16-6-5-15-8-16)10-4-3-9(13)7-11(10)14/h2-8,17H,1H2. The predicted molar refractivity (Wildman–Crippen MR) is 68.2 cm³/mol. The first-order valence-corrected chi connectivity index (χ1v) is 5.63. The Bertz CT molecular complexity index is 539. The number of imidazole rings is 1. The van der Waals surface area contributed by atoms with Gasteiger partial charge in [-0.15, -0.1) is 0 Å². The largest absolute Gasteiger partial charge is 0.363 e. The fourth-order valence-corrected chi connectivity index (χ4v) is 2.15. The minimum absolute atomic E-state index is 0.369. The van der Waals surface area contributed by atoms with Gasteiger partial charge in [-0.05, 0) is 18.2 Å². The van der Waals surface area contributed by atoms with Crippen molar-refractivity contribution in [2.45, 2.75) is 5.72 Å². The number of halogens is 2. The summed E-state index contributed by atoms with van der Waals surface area (Å²) in [6, 6.07) is 4.89. The summed E-state index contributed by atoms with van der Waals surface area (Å²) < 4.78 is 1.51. The molecule has 0 amide bonds. The molecule has 1 aromatic carbocycles. The van der Waals surface area contributed by atoms with Crippen LogP contribution in [0.25, 0.3) is 0 Å². The first-order valence-electron chi connectivity index (χ1n) is 4.88. The lowest BCUT2D eigenvalue weighted by Crippen LogP contribution is -2.31. The zero-order valence-corrected chi connectivity index (χ0v) is 10.4. The summed E-state index contributed by atoms with van der Waals surface area (Å²) >= 11 is 11.9. The van der Waals surface area contributed by atoms with Crippen molar-refractivity contribution < 1.29 is 5.11 Å². The SMILES string of the molecule is C=CC(O)(c1ccc(Cl)cc1Cl)n1ccnc1. The molecule has 1 aromatic heterocycles. The number of nitrogens with zero attached hydrogens (tertiary/aromatic N) is 2. The molecule has 0 saturated carbocycles. The monoisotopic (exact) mass is 268 g/mol. The second-order valence-electron chi connectivity index (χ2n) is 3.52. The molecule has 1 N–H and O–H groups in total. The van der Waals surface area contributed by atoms with Crippen molar-refractivity contribution in [3.05, 3.63) is 65.2 Å². The van der Waals surface area contributed by atoms with Gasteiger partial charge in [-0.1, -0.05) is 35.8 Å². The van der Waals surface area contributed by atoms with Crippen LogP contribution in [0.1, 0.15) is 5.56 Å². The number of aromatic nitrogens is 2. The van der Waals surface area contributed by atoms with E-state index in [-0.39, 0.29) is 0 Å². The van der Waals surface area contributed by atoms with Gasteiger partial charge in [0.05, 0.1) is 11.3 Å². The number of benzene rings is 1. The van der Waals surface area contributed by atoms with Gasteiger partial charge in [0.2, 0.25) is 0 Å². The van der Waals surface area contributed by atoms with E-state index in [0.29, 0.717) is 15.6 Å². The maximum absolute atomic E-state index is 10.6. The quantitative estimate of drug-likeness (QED) is 0.869. The van der Waals surface area contributed by atoms with Crippen molar-refractivity contribution >= 4 is 23.2 Å². The highest BCUT2D eigenvalue weighted by atomic mass is 35.5. The molecule has 1 atom stereocenters. The van der Waals surface area contributed by atoms with Gasteiger partial charge in [-0.25, -0.2) is 4.98 Å². The second-order valence-corrected chi connectivity index (χ2v) is 4.37. The van der Waals surface area contributed by atoms with Gasteiger partial charge < -0.3 is 9.67 Å². The van der Waals surface area contributed by atoms with Crippen LogP contribution in [0, 0.1) is 0 Å². The summed E-state index contributed by atoms with van der Waals surface area (Å²) in [4.78, 5) is 3.90. The lowest BCUT2D eigenvalue weighted by Gasteiger charge is -2.27. The summed E-state index contributed by atoms with van der Waals surface area (Å²) in [6.45, 7) is 3.64. The normalized spacial score (nSPS) is 14.3. The first-order chi connectivity index (χ1) is 8.08. The Morgan fingerprint density at radius 3 is 2.71 bits per heavy atom. The fourth-order valence-electron chi connectivity index (χ4n) is 1.60. The Balaban J connectivity index is 2.59. The van der Waals surface area contributed by atoms with Gasteiger partial charge in [-0.3, -0.25) is 0 Å². The molecule has 0 aliphatic rings. The molecule has 5 heteroatoms. The summed E-state index contributed by atoms with van der Waals surface area (Å²) in [5.74, 6) is 0. The van der Waals surface area contributed by atoms with Gasteiger partial charge in [0, 0.05) is 23.0 Å². The van der Waals surface area contributed by atoms with Gasteiger partial charge >= 0.3 is 0 Å². The Hall–Kier alpha value is -1.29. The second kappa shape index (κ2) is 4.53. The zero-order chi connectivity index (χ0) is 12.5. The van der Waals surface area contributed by atoms with Crippen LogP contribution in [0.3, 0.4) is 0 Å². The lowest BCUT2D eigenvalue weighted by atomic mass is 10.0. The molecule has 88 valence electrons. The third kappa shape index (κ3) is 2.09. The lowest BCUT2D eigenvalue weighted by molar-refractivity contribution is 0.0575. The highest BCUT2D eigenvalue weighted by Crippen LogP contribution is 2.32. The van der Waals surface area contributed by atoms with E-state index >= 15 is 0 Å². The summed E-state index contributed by atoms with van der Waals surface area (Å²) in [5.41, 5.74) is -0.936. The molecule has 0 aliphatic carbocycles. The molecule has 0 saturated heterocycles. The fraction of sp³-hybridized carbons (Fsp3) is 0.0833. The van der Waals surface area contributed by atoms with E-state index < -0.39 is 5.72 Å². The Morgan fingerprint density at radius 1 is 1.41 bits per heavy atom. The molecule has 1 heterocycles. The van der Waals surface area contributed by atoms with Crippen LogP contribution >= 0.6 is 23.2 Å². The van der Waals surface area contributed by atoms with Gasteiger partial charge in [-0.2, -0.15) is 0 Å². The van der Waals surface area contributed by atoms with Crippen LogP contribution in [0.4, 0.5) is 0 Å². The Morgan fingerprint density at radius 2 is 2.18 bits per heavy atom. The Labute approximate surface area is 109 Å². The first kappa shape index (κ1) is 12.2. The van der Waals surface area contributed by atoms with E-state index in [1.54, 1.807) is 30.6 Å². The molecule has 17 heavy (non-hydrogen) atoms. The summed E-state index contributed by atoms with van der Waals surface area (Å²) in [6.07, 6.45) is 6.08. The van der Waals surface area contributed by atoms with Crippen LogP contribution in [-0.4, -0.2) is 14.7 Å². The number of aliphatic hydroxyl groups is 1. The molecule has 1 unspecified atom stereocenters. The van der Waals surface area contributed by atoms with E-state index in [4.69, 9.17) is 23.2 Å². The summed E-state index contributed by atoms with van der Waals surface area (Å²) in [5, 5.41) is 11.5. The van der Waals surface area contributed by atoms with Crippen LogP contribution in [0.5, 0.6) is 0 Å². The number of hydrogen-bond donors (Lipinski definition) is 1. The van der Waals surface area contributed by atoms with Gasteiger partial charge in [0.15, 0.2) is 5.72 Å². The number of rotatable bonds is 3. The maximum Gasteiger partial charge on any atom is 0.190 e. The molecule has 2 aromatic rings. The smallest absolute Gasteiger partial charge is 0.190 e. The van der Waals surface area contributed by atoms with Crippen molar-refractivity contribution in [1.82, 2.24) is 9.55 Å². The average Bonchev–Trinajstić information content (AvgIpc) is 2.82. The van der Waals surface area contributed by atoms with Gasteiger partial charge in [0.1, 0.15) is 0 Å². The Kier molecular flexibility index (Phi) is 3.24. The molecule has 3 nitrogen and oxygen atoms in total. The van der Waals surface area contributed by atoms with E-state index in [0.717, 1.165) is 0 Å². The molecule has 2 rings (SSSR count). The minimum atomic E-state index is -1.43. The zero-order valence-electron chi connectivity index (χ0n) is 8.85. The number of hydrogen-bond acceptors (Lipinski definition) is 2. The van der Waals surface area contributed by atoms with E-state index in [9.17, 15) is 5.11 Å². The third-order valence-corrected chi connectivity index (χ3v) is 3.06.